The summed E-state index contributed by atoms with van der Waals surface area (Å²) in [6, 6.07) is 1.76. The highest BCUT2D eigenvalue weighted by molar-refractivity contribution is 5.28. The Morgan fingerprint density at radius 1 is 1.37 bits per heavy atom. The summed E-state index contributed by atoms with van der Waals surface area (Å²) in [5.74, 6) is 1.19. The van der Waals surface area contributed by atoms with Gasteiger partial charge in [-0.15, -0.1) is 0 Å². The van der Waals surface area contributed by atoms with E-state index in [1.165, 1.54) is 0 Å². The van der Waals surface area contributed by atoms with Gasteiger partial charge in [0.2, 0.25) is 11.8 Å². The van der Waals surface area contributed by atoms with Crippen LogP contribution < -0.4 is 15.8 Å². The zero-order chi connectivity index (χ0) is 14.3. The molecule has 19 heavy (non-hydrogen) atoms. The number of nitrogens with zero attached hydrogens (tertiary/aromatic N) is 2. The zero-order valence-corrected chi connectivity index (χ0v) is 12.4. The lowest BCUT2D eigenvalue weighted by Crippen LogP contribution is -2.36. The molecule has 0 fully saturated rings. The molecule has 0 radical (unpaired) electrons. The molecular weight excluding hydrogens is 240 g/mol. The van der Waals surface area contributed by atoms with Crippen molar-refractivity contribution in [2.24, 2.45) is 11.1 Å². The summed E-state index contributed by atoms with van der Waals surface area (Å²) in [4.78, 5) is 8.54. The van der Waals surface area contributed by atoms with Gasteiger partial charge >= 0.3 is 0 Å². The normalized spacial score (nSPS) is 11.7. The van der Waals surface area contributed by atoms with Gasteiger partial charge in [-0.25, -0.2) is 4.98 Å². The van der Waals surface area contributed by atoms with E-state index in [1.54, 1.807) is 12.3 Å². The summed E-state index contributed by atoms with van der Waals surface area (Å²) in [5.41, 5.74) is 5.99. The average Bonchev–Trinajstić information content (AvgIpc) is 2.41. The molecule has 1 heterocycles. The van der Waals surface area contributed by atoms with Crippen LogP contribution in [0.15, 0.2) is 12.3 Å². The maximum atomic E-state index is 5.88. The first-order valence-electron chi connectivity index (χ1n) is 6.99. The fourth-order valence-corrected chi connectivity index (χ4v) is 1.86. The highest BCUT2D eigenvalue weighted by Gasteiger charge is 2.24. The van der Waals surface area contributed by atoms with Crippen molar-refractivity contribution in [1.82, 2.24) is 9.97 Å². The molecule has 5 nitrogen and oxygen atoms in total. The van der Waals surface area contributed by atoms with Crippen molar-refractivity contribution < 1.29 is 4.74 Å². The number of aromatic nitrogens is 2. The van der Waals surface area contributed by atoms with E-state index in [4.69, 9.17) is 10.5 Å². The third-order valence-electron chi connectivity index (χ3n) is 3.54. The van der Waals surface area contributed by atoms with Gasteiger partial charge < -0.3 is 15.8 Å². The van der Waals surface area contributed by atoms with Crippen LogP contribution in [0.5, 0.6) is 5.88 Å². The van der Waals surface area contributed by atoms with E-state index in [-0.39, 0.29) is 11.5 Å². The Morgan fingerprint density at radius 3 is 2.58 bits per heavy atom. The first-order valence-corrected chi connectivity index (χ1v) is 6.99. The van der Waals surface area contributed by atoms with Gasteiger partial charge in [-0.05, 0) is 38.6 Å². The summed E-state index contributed by atoms with van der Waals surface area (Å²) in [5, 5.41) is 3.27. The quantitative estimate of drug-likeness (QED) is 0.756. The maximum Gasteiger partial charge on any atom is 0.225 e. The minimum atomic E-state index is 0.108. The summed E-state index contributed by atoms with van der Waals surface area (Å²) in [7, 11) is 0. The van der Waals surface area contributed by atoms with Crippen LogP contribution in [0.4, 0.5) is 5.95 Å². The van der Waals surface area contributed by atoms with E-state index in [2.05, 4.69) is 29.1 Å². The van der Waals surface area contributed by atoms with Gasteiger partial charge in [0.1, 0.15) is 0 Å². The zero-order valence-electron chi connectivity index (χ0n) is 12.4. The van der Waals surface area contributed by atoms with Crippen molar-refractivity contribution in [3.8, 4) is 5.88 Å². The summed E-state index contributed by atoms with van der Waals surface area (Å²) in [6.07, 6.45) is 3.89. The third-order valence-corrected chi connectivity index (χ3v) is 3.54. The highest BCUT2D eigenvalue weighted by atomic mass is 16.5. The molecule has 1 aromatic rings. The first-order chi connectivity index (χ1) is 9.05. The van der Waals surface area contributed by atoms with Gasteiger partial charge in [0.15, 0.2) is 0 Å². The molecule has 0 atom stereocenters. The number of nitrogens with two attached hydrogens (primary N) is 1. The monoisotopic (exact) mass is 266 g/mol. The molecule has 0 aliphatic rings. The van der Waals surface area contributed by atoms with E-state index in [0.717, 1.165) is 19.4 Å². The first kappa shape index (κ1) is 15.7. The predicted octanol–water partition coefficient (Wildman–Crippen LogP) is 2.44. The summed E-state index contributed by atoms with van der Waals surface area (Å²) < 4.78 is 5.55. The Morgan fingerprint density at radius 2 is 2.05 bits per heavy atom. The standard InChI is InChI=1S/C14H26N4O/c1-5-14(6-2,9-15)10-17-13-16-8-7-12(18-13)19-11(3)4/h7-8,11H,5-6,9-10,15H2,1-4H3,(H,16,17,18). The number of hydrogen-bond donors (Lipinski definition) is 2. The Balaban J connectivity index is 2.66. The average molecular weight is 266 g/mol. The van der Waals surface area contributed by atoms with Crippen molar-refractivity contribution in [1.29, 1.82) is 0 Å². The van der Waals surface area contributed by atoms with Crippen LogP contribution in [0.1, 0.15) is 40.5 Å². The molecule has 1 aromatic heterocycles. The topological polar surface area (TPSA) is 73.1 Å². The Bertz CT molecular complexity index is 369. The van der Waals surface area contributed by atoms with Crippen LogP contribution in [-0.4, -0.2) is 29.2 Å². The lowest BCUT2D eigenvalue weighted by molar-refractivity contribution is 0.232. The van der Waals surface area contributed by atoms with Crippen LogP contribution in [-0.2, 0) is 0 Å². The number of rotatable bonds is 8. The van der Waals surface area contributed by atoms with E-state index < -0.39 is 0 Å². The third kappa shape index (κ3) is 4.67. The maximum absolute atomic E-state index is 5.88. The van der Waals surface area contributed by atoms with Gasteiger partial charge in [0, 0.05) is 18.8 Å². The predicted molar refractivity (Wildman–Crippen MR) is 78.4 cm³/mol. The van der Waals surface area contributed by atoms with E-state index >= 15 is 0 Å². The summed E-state index contributed by atoms with van der Waals surface area (Å²) in [6.45, 7) is 9.72. The lowest BCUT2D eigenvalue weighted by atomic mass is 9.82. The molecular formula is C14H26N4O. The summed E-state index contributed by atoms with van der Waals surface area (Å²) >= 11 is 0. The van der Waals surface area contributed by atoms with Gasteiger partial charge in [-0.1, -0.05) is 13.8 Å². The van der Waals surface area contributed by atoms with Crippen LogP contribution in [0.3, 0.4) is 0 Å². The molecule has 3 N–H and O–H groups in total. The van der Waals surface area contributed by atoms with Crippen LogP contribution in [0.25, 0.3) is 0 Å². The van der Waals surface area contributed by atoms with E-state index in [9.17, 15) is 0 Å². The minimum absolute atomic E-state index is 0.108. The van der Waals surface area contributed by atoms with Crippen LogP contribution >= 0.6 is 0 Å². The van der Waals surface area contributed by atoms with Crippen LogP contribution in [0.2, 0.25) is 0 Å². The number of anilines is 1. The molecule has 0 saturated carbocycles. The second kappa shape index (κ2) is 7.28. The van der Waals surface area contributed by atoms with Crippen molar-refractivity contribution in [3.05, 3.63) is 12.3 Å². The lowest BCUT2D eigenvalue weighted by Gasteiger charge is -2.30. The highest BCUT2D eigenvalue weighted by Crippen LogP contribution is 2.25. The number of ether oxygens (including phenoxy) is 1. The van der Waals surface area contributed by atoms with Crippen molar-refractivity contribution in [2.75, 3.05) is 18.4 Å². The smallest absolute Gasteiger partial charge is 0.225 e. The SMILES string of the molecule is CCC(CC)(CN)CNc1nccc(OC(C)C)n1. The fraction of sp³-hybridized carbons (Fsp3) is 0.714. The van der Waals surface area contributed by atoms with Crippen molar-refractivity contribution in [2.45, 2.75) is 46.6 Å². The largest absolute Gasteiger partial charge is 0.475 e. The molecule has 0 aliphatic carbocycles. The van der Waals surface area contributed by atoms with Crippen LogP contribution in [0, 0.1) is 5.41 Å². The second-order valence-corrected chi connectivity index (χ2v) is 5.15. The Hall–Kier alpha value is -1.36. The molecule has 0 saturated heterocycles. The van der Waals surface area contributed by atoms with Gasteiger partial charge in [-0.2, -0.15) is 4.98 Å². The second-order valence-electron chi connectivity index (χ2n) is 5.15. The van der Waals surface area contributed by atoms with Gasteiger partial charge in [0.05, 0.1) is 6.10 Å². The Labute approximate surface area is 116 Å². The molecule has 0 aromatic carbocycles. The molecule has 1 rings (SSSR count). The number of nitrogens with one attached hydrogen (secondary N) is 1. The van der Waals surface area contributed by atoms with Gasteiger partial charge in [0.25, 0.3) is 0 Å². The van der Waals surface area contributed by atoms with E-state index in [0.29, 0.717) is 18.4 Å². The molecule has 0 bridgehead atoms. The Kier molecular flexibility index (Phi) is 6.02. The molecule has 0 aliphatic heterocycles. The van der Waals surface area contributed by atoms with Gasteiger partial charge in [-0.3, -0.25) is 0 Å². The molecule has 0 spiro atoms. The molecule has 5 heteroatoms. The molecule has 0 unspecified atom stereocenters. The molecule has 108 valence electrons. The van der Waals surface area contributed by atoms with Crippen molar-refractivity contribution in [3.63, 3.8) is 0 Å². The minimum Gasteiger partial charge on any atom is -0.475 e. The van der Waals surface area contributed by atoms with Crippen molar-refractivity contribution >= 4 is 5.95 Å². The van der Waals surface area contributed by atoms with E-state index in [1.807, 2.05) is 13.8 Å². The number of hydrogen-bond acceptors (Lipinski definition) is 5. The fourth-order valence-electron chi connectivity index (χ4n) is 1.86. The molecule has 0 amide bonds.